The van der Waals surface area contributed by atoms with Crippen LogP contribution < -0.4 is 0 Å². The number of pyridine rings is 1. The van der Waals surface area contributed by atoms with Gasteiger partial charge in [-0.3, -0.25) is 0 Å². The van der Waals surface area contributed by atoms with Crippen molar-refractivity contribution in [3.63, 3.8) is 0 Å². The summed E-state index contributed by atoms with van der Waals surface area (Å²) < 4.78 is 0. The lowest BCUT2D eigenvalue weighted by atomic mass is 9.83. The average molecular weight is 524 g/mol. The van der Waals surface area contributed by atoms with Gasteiger partial charge >= 0.3 is 0 Å². The number of hydrogen-bond acceptors (Lipinski definition) is 1. The summed E-state index contributed by atoms with van der Waals surface area (Å²) >= 11 is 0. The number of benzene rings is 4. The molecule has 1 fully saturated rings. The van der Waals surface area contributed by atoms with Crippen LogP contribution in [-0.4, -0.2) is 4.98 Å². The Balaban J connectivity index is 1.20. The van der Waals surface area contributed by atoms with E-state index in [4.69, 9.17) is 4.98 Å². The van der Waals surface area contributed by atoms with Crippen LogP contribution in [0, 0.1) is 0 Å². The van der Waals surface area contributed by atoms with E-state index in [0.29, 0.717) is 0 Å². The van der Waals surface area contributed by atoms with E-state index in [2.05, 4.69) is 110 Å². The molecule has 0 saturated heterocycles. The van der Waals surface area contributed by atoms with Crippen LogP contribution in [0.5, 0.6) is 0 Å². The van der Waals surface area contributed by atoms with Gasteiger partial charge in [0.1, 0.15) is 0 Å². The molecule has 0 unspecified atom stereocenters. The monoisotopic (exact) mass is 523 g/mol. The van der Waals surface area contributed by atoms with Crippen LogP contribution in [-0.2, 0) is 6.42 Å². The Labute approximate surface area is 240 Å². The van der Waals surface area contributed by atoms with Gasteiger partial charge in [0.2, 0.25) is 0 Å². The van der Waals surface area contributed by atoms with Gasteiger partial charge in [-0.05, 0) is 89.2 Å². The number of aryl methyl sites for hydroxylation is 1. The Bertz CT molecular complexity index is 1560. The standard InChI is InChI=1S/C39H41N/c1-2-3-4-6-11-29-18-20-31(21-19-29)33-15-10-17-36(27-33)38-25-23-37-28-35(22-24-39(37)40-38)34-16-9-14-32(26-34)30-12-7-5-8-13-30/h9-10,14-28,30H,2-8,11-13H2,1H3. The van der Waals surface area contributed by atoms with Crippen LogP contribution >= 0.6 is 0 Å². The first-order valence-corrected chi connectivity index (χ1v) is 15.5. The molecule has 0 radical (unpaired) electrons. The van der Waals surface area contributed by atoms with E-state index in [1.54, 1.807) is 0 Å². The normalized spacial score (nSPS) is 14.0. The van der Waals surface area contributed by atoms with Crippen molar-refractivity contribution < 1.29 is 0 Å². The molecule has 0 aliphatic heterocycles. The van der Waals surface area contributed by atoms with E-state index < -0.39 is 0 Å². The number of rotatable bonds is 9. The maximum Gasteiger partial charge on any atom is 0.0709 e. The fraction of sp³-hybridized carbons (Fsp3) is 0.308. The number of unbranched alkanes of at least 4 members (excludes halogenated alkanes) is 3. The SMILES string of the molecule is CCCCCCc1ccc(-c2cccc(-c3ccc4cc(-c5cccc(C6CCCCC6)c5)ccc4n3)c2)cc1. The van der Waals surface area contributed by atoms with Gasteiger partial charge in [-0.2, -0.15) is 0 Å². The van der Waals surface area contributed by atoms with Gasteiger partial charge in [-0.25, -0.2) is 4.98 Å². The molecule has 6 rings (SSSR count). The second kappa shape index (κ2) is 12.6. The second-order valence-corrected chi connectivity index (χ2v) is 11.7. The maximum atomic E-state index is 5.07. The fourth-order valence-electron chi connectivity index (χ4n) is 6.35. The van der Waals surface area contributed by atoms with Crippen LogP contribution in [0.2, 0.25) is 0 Å². The summed E-state index contributed by atoms with van der Waals surface area (Å²) in [5.74, 6) is 0.725. The van der Waals surface area contributed by atoms with Crippen LogP contribution in [0.4, 0.5) is 0 Å². The molecule has 1 nitrogen and oxygen atoms in total. The van der Waals surface area contributed by atoms with E-state index >= 15 is 0 Å². The smallest absolute Gasteiger partial charge is 0.0709 e. The molecule has 0 atom stereocenters. The zero-order valence-electron chi connectivity index (χ0n) is 23.9. The first-order chi connectivity index (χ1) is 19.8. The van der Waals surface area contributed by atoms with E-state index in [9.17, 15) is 0 Å². The molecule has 1 heteroatoms. The fourth-order valence-corrected chi connectivity index (χ4v) is 6.35. The lowest BCUT2D eigenvalue weighted by molar-refractivity contribution is 0.444. The topological polar surface area (TPSA) is 12.9 Å². The van der Waals surface area contributed by atoms with Gasteiger partial charge < -0.3 is 0 Å². The molecule has 0 amide bonds. The van der Waals surface area contributed by atoms with Crippen LogP contribution in [0.3, 0.4) is 0 Å². The van der Waals surface area contributed by atoms with Crippen LogP contribution in [0.15, 0.2) is 103 Å². The van der Waals surface area contributed by atoms with Crippen molar-refractivity contribution in [1.29, 1.82) is 0 Å². The first kappa shape index (κ1) is 26.5. The van der Waals surface area contributed by atoms with Gasteiger partial charge in [-0.15, -0.1) is 0 Å². The minimum Gasteiger partial charge on any atom is -0.248 e. The molecule has 1 heterocycles. The Kier molecular flexibility index (Phi) is 8.38. The third kappa shape index (κ3) is 6.20. The van der Waals surface area contributed by atoms with E-state index in [-0.39, 0.29) is 0 Å². The summed E-state index contributed by atoms with van der Waals surface area (Å²) in [6.45, 7) is 2.27. The van der Waals surface area contributed by atoms with Crippen molar-refractivity contribution in [2.75, 3.05) is 0 Å². The first-order valence-electron chi connectivity index (χ1n) is 15.5. The zero-order valence-corrected chi connectivity index (χ0v) is 23.9. The van der Waals surface area contributed by atoms with Crippen molar-refractivity contribution in [3.8, 4) is 33.5 Å². The predicted octanol–water partition coefficient (Wildman–Crippen LogP) is 11.4. The van der Waals surface area contributed by atoms with Crippen LogP contribution in [0.25, 0.3) is 44.4 Å². The molecular formula is C39H41N. The Morgan fingerprint density at radius 1 is 0.600 bits per heavy atom. The number of nitrogens with zero attached hydrogens (tertiary/aromatic N) is 1. The lowest BCUT2D eigenvalue weighted by Gasteiger charge is -2.22. The van der Waals surface area contributed by atoms with Crippen molar-refractivity contribution in [2.24, 2.45) is 0 Å². The molecule has 40 heavy (non-hydrogen) atoms. The molecule has 0 spiro atoms. The van der Waals surface area contributed by atoms with Crippen molar-refractivity contribution in [3.05, 3.63) is 114 Å². The van der Waals surface area contributed by atoms with Gasteiger partial charge in [0.25, 0.3) is 0 Å². The molecular weight excluding hydrogens is 482 g/mol. The summed E-state index contributed by atoms with van der Waals surface area (Å²) in [5.41, 5.74) is 11.3. The Morgan fingerprint density at radius 2 is 1.32 bits per heavy atom. The minimum atomic E-state index is 0.725. The average Bonchev–Trinajstić information content (AvgIpc) is 3.03. The zero-order chi connectivity index (χ0) is 27.1. The van der Waals surface area contributed by atoms with Crippen molar-refractivity contribution in [2.45, 2.75) is 77.0 Å². The highest BCUT2D eigenvalue weighted by atomic mass is 14.7. The Hall–Kier alpha value is -3.71. The maximum absolute atomic E-state index is 5.07. The third-order valence-corrected chi connectivity index (χ3v) is 8.75. The lowest BCUT2D eigenvalue weighted by Crippen LogP contribution is -2.04. The van der Waals surface area contributed by atoms with E-state index in [1.807, 2.05) is 0 Å². The van der Waals surface area contributed by atoms with E-state index in [1.165, 1.54) is 103 Å². The van der Waals surface area contributed by atoms with E-state index in [0.717, 1.165) is 22.7 Å². The van der Waals surface area contributed by atoms with Gasteiger partial charge in [0.15, 0.2) is 0 Å². The van der Waals surface area contributed by atoms with Crippen molar-refractivity contribution >= 4 is 10.9 Å². The van der Waals surface area contributed by atoms with Gasteiger partial charge in [-0.1, -0.05) is 124 Å². The molecule has 5 aromatic rings. The number of fused-ring (bicyclic) bond motifs is 1. The minimum absolute atomic E-state index is 0.725. The van der Waals surface area contributed by atoms with Crippen molar-refractivity contribution in [1.82, 2.24) is 4.98 Å². The Morgan fingerprint density at radius 3 is 2.15 bits per heavy atom. The second-order valence-electron chi connectivity index (χ2n) is 11.7. The molecule has 1 aliphatic rings. The summed E-state index contributed by atoms with van der Waals surface area (Å²) in [7, 11) is 0. The molecule has 202 valence electrons. The highest BCUT2D eigenvalue weighted by molar-refractivity contribution is 5.87. The summed E-state index contributed by atoms with van der Waals surface area (Å²) in [6, 6.07) is 38.3. The summed E-state index contributed by atoms with van der Waals surface area (Å²) in [5, 5.41) is 1.19. The van der Waals surface area contributed by atoms with Crippen LogP contribution in [0.1, 0.15) is 81.8 Å². The molecule has 0 bridgehead atoms. The highest BCUT2D eigenvalue weighted by Crippen LogP contribution is 2.35. The number of hydrogen-bond donors (Lipinski definition) is 0. The largest absolute Gasteiger partial charge is 0.248 e. The molecule has 0 N–H and O–H groups in total. The molecule has 1 saturated carbocycles. The number of aromatic nitrogens is 1. The molecule has 1 aromatic heterocycles. The predicted molar refractivity (Wildman–Crippen MR) is 172 cm³/mol. The van der Waals surface area contributed by atoms with Gasteiger partial charge in [0.05, 0.1) is 11.2 Å². The molecule has 1 aliphatic carbocycles. The van der Waals surface area contributed by atoms with Gasteiger partial charge in [0, 0.05) is 10.9 Å². The highest BCUT2D eigenvalue weighted by Gasteiger charge is 2.16. The quantitative estimate of drug-likeness (QED) is 0.175. The summed E-state index contributed by atoms with van der Waals surface area (Å²) in [4.78, 5) is 5.07. The third-order valence-electron chi connectivity index (χ3n) is 8.75. The molecule has 4 aromatic carbocycles. The summed E-state index contributed by atoms with van der Waals surface area (Å²) in [6.07, 6.45) is 13.2.